The standard InChI is InChI=1S/C38H64N6O7/c1-6-9-20-29(33(45)35(47)40-22-7-2)41-34(46)32-28(25(4)5)21-23-44(32)36(48)31(27-18-14-11-15-19-27)43-37(49)42-30(24-51-38(50)39-8-3)26-16-12-10-13-17-26/h7,25-32H,2,6,8-24H2,1,3-5H3,(H,39,50)(H,40,47)(H,41,46)(H2,42,43,49)/t28-,29?,30-,31+,32+/m1/s1. The largest absolute Gasteiger partial charge is 0.447 e. The van der Waals surface area contributed by atoms with Crippen molar-refractivity contribution in [2.75, 3.05) is 26.2 Å². The lowest BCUT2D eigenvalue weighted by atomic mass is 9.82. The summed E-state index contributed by atoms with van der Waals surface area (Å²) in [5.74, 6) is -2.36. The van der Waals surface area contributed by atoms with Crippen LogP contribution in [0.4, 0.5) is 9.59 Å². The molecule has 5 N–H and O–H groups in total. The second-order valence-electron chi connectivity index (χ2n) is 14.9. The third-order valence-electron chi connectivity index (χ3n) is 10.9. The minimum atomic E-state index is -1.02. The molecule has 2 saturated carbocycles. The Hall–Kier alpha value is -3.64. The summed E-state index contributed by atoms with van der Waals surface area (Å²) in [5.41, 5.74) is 0. The molecule has 13 nitrogen and oxygen atoms in total. The Morgan fingerprint density at radius 1 is 0.843 bits per heavy atom. The average Bonchev–Trinajstić information content (AvgIpc) is 3.59. The Bertz CT molecular complexity index is 1180. The predicted octanol–water partition coefficient (Wildman–Crippen LogP) is 4.35. The first-order chi connectivity index (χ1) is 24.5. The minimum absolute atomic E-state index is 0.0277. The average molecular weight is 717 g/mol. The van der Waals surface area contributed by atoms with Gasteiger partial charge in [-0.15, -0.1) is 6.58 Å². The van der Waals surface area contributed by atoms with Gasteiger partial charge in [-0.05, 0) is 69.1 Å². The Balaban J connectivity index is 1.84. The monoisotopic (exact) mass is 716 g/mol. The molecular weight excluding hydrogens is 652 g/mol. The Kier molecular flexibility index (Phi) is 17.7. The quantitative estimate of drug-likeness (QED) is 0.104. The molecule has 0 aromatic rings. The maximum absolute atomic E-state index is 14.6. The fourth-order valence-corrected chi connectivity index (χ4v) is 8.01. The summed E-state index contributed by atoms with van der Waals surface area (Å²) in [7, 11) is 0. The van der Waals surface area contributed by atoms with Crippen molar-refractivity contribution in [1.29, 1.82) is 0 Å². The van der Waals surface area contributed by atoms with Gasteiger partial charge < -0.3 is 36.2 Å². The molecule has 6 amide bonds. The number of nitrogens with one attached hydrogen (secondary N) is 5. The van der Waals surface area contributed by atoms with Gasteiger partial charge in [0, 0.05) is 19.6 Å². The molecule has 1 saturated heterocycles. The van der Waals surface area contributed by atoms with Crippen LogP contribution < -0.4 is 26.6 Å². The summed E-state index contributed by atoms with van der Waals surface area (Å²) in [6, 6.07) is -3.64. The van der Waals surface area contributed by atoms with Crippen molar-refractivity contribution in [2.24, 2.45) is 23.7 Å². The molecule has 0 radical (unpaired) electrons. The molecule has 0 bridgehead atoms. The molecule has 0 aromatic carbocycles. The molecule has 3 rings (SSSR count). The van der Waals surface area contributed by atoms with Crippen molar-refractivity contribution in [3.05, 3.63) is 12.7 Å². The van der Waals surface area contributed by atoms with E-state index in [0.29, 0.717) is 32.4 Å². The predicted molar refractivity (Wildman–Crippen MR) is 196 cm³/mol. The number of alkyl carbamates (subject to hydrolysis) is 1. The Morgan fingerprint density at radius 3 is 2.08 bits per heavy atom. The smallest absolute Gasteiger partial charge is 0.407 e. The lowest BCUT2D eigenvalue weighted by Gasteiger charge is -2.37. The minimum Gasteiger partial charge on any atom is -0.447 e. The van der Waals surface area contributed by atoms with Crippen LogP contribution in [0.2, 0.25) is 0 Å². The summed E-state index contributed by atoms with van der Waals surface area (Å²) in [6.45, 7) is 12.3. The number of carbonyl (C=O) groups is 6. The number of ketones is 1. The van der Waals surface area contributed by atoms with Crippen LogP contribution in [0.25, 0.3) is 0 Å². The van der Waals surface area contributed by atoms with E-state index in [1.165, 1.54) is 6.08 Å². The first kappa shape index (κ1) is 41.8. The number of likely N-dealkylation sites (tertiary alicyclic amines) is 1. The van der Waals surface area contributed by atoms with Crippen LogP contribution in [-0.2, 0) is 23.9 Å². The van der Waals surface area contributed by atoms with E-state index in [9.17, 15) is 28.8 Å². The van der Waals surface area contributed by atoms with E-state index in [1.807, 2.05) is 20.8 Å². The summed E-state index contributed by atoms with van der Waals surface area (Å²) >= 11 is 0. The number of hydrogen-bond acceptors (Lipinski definition) is 7. The fourth-order valence-electron chi connectivity index (χ4n) is 8.01. The van der Waals surface area contributed by atoms with E-state index in [1.54, 1.807) is 11.8 Å². The van der Waals surface area contributed by atoms with Crippen LogP contribution in [0.5, 0.6) is 0 Å². The molecule has 2 aliphatic carbocycles. The molecule has 1 unspecified atom stereocenters. The molecule has 0 aromatic heterocycles. The van der Waals surface area contributed by atoms with Crippen molar-refractivity contribution in [3.8, 4) is 0 Å². The van der Waals surface area contributed by atoms with Gasteiger partial charge in [-0.1, -0.05) is 78.2 Å². The number of Topliss-reactive ketones (excluding diaryl/α,β-unsaturated/α-hetero) is 1. The summed E-state index contributed by atoms with van der Waals surface area (Å²) in [4.78, 5) is 82.1. The van der Waals surface area contributed by atoms with Gasteiger partial charge in [0.1, 0.15) is 18.7 Å². The van der Waals surface area contributed by atoms with Gasteiger partial charge in [0.25, 0.3) is 5.91 Å². The molecule has 1 aliphatic heterocycles. The van der Waals surface area contributed by atoms with Crippen molar-refractivity contribution in [3.63, 3.8) is 0 Å². The first-order valence-corrected chi connectivity index (χ1v) is 19.5. The van der Waals surface area contributed by atoms with Crippen molar-refractivity contribution in [1.82, 2.24) is 31.5 Å². The molecular formula is C38H64N6O7. The van der Waals surface area contributed by atoms with Crippen LogP contribution in [-0.4, -0.2) is 90.9 Å². The van der Waals surface area contributed by atoms with Crippen LogP contribution >= 0.6 is 0 Å². The molecule has 288 valence electrons. The van der Waals surface area contributed by atoms with Crippen LogP contribution in [0.3, 0.4) is 0 Å². The number of nitrogens with zero attached hydrogens (tertiary/aromatic N) is 1. The van der Waals surface area contributed by atoms with Gasteiger partial charge in [0.2, 0.25) is 17.6 Å². The third kappa shape index (κ3) is 12.5. The Morgan fingerprint density at radius 2 is 1.49 bits per heavy atom. The van der Waals surface area contributed by atoms with Crippen molar-refractivity contribution in [2.45, 2.75) is 142 Å². The summed E-state index contributed by atoms with van der Waals surface area (Å²) in [6.07, 6.45) is 12.7. The Labute approximate surface area is 304 Å². The van der Waals surface area contributed by atoms with Crippen LogP contribution in [0.15, 0.2) is 12.7 Å². The second kappa shape index (κ2) is 21.7. The number of carbonyl (C=O) groups excluding carboxylic acids is 6. The van der Waals surface area contributed by atoms with Gasteiger partial charge in [-0.3, -0.25) is 19.2 Å². The highest BCUT2D eigenvalue weighted by molar-refractivity contribution is 6.38. The van der Waals surface area contributed by atoms with E-state index in [-0.39, 0.29) is 42.7 Å². The lowest BCUT2D eigenvalue weighted by Crippen LogP contribution is -2.61. The number of ether oxygens (including phenoxy) is 1. The van der Waals surface area contributed by atoms with Crippen LogP contribution in [0, 0.1) is 23.7 Å². The van der Waals surface area contributed by atoms with E-state index >= 15 is 0 Å². The normalized spacial score (nSPS) is 21.5. The zero-order chi connectivity index (χ0) is 37.3. The van der Waals surface area contributed by atoms with Gasteiger partial charge >= 0.3 is 12.1 Å². The molecule has 5 atom stereocenters. The van der Waals surface area contributed by atoms with Crippen molar-refractivity contribution < 1.29 is 33.5 Å². The zero-order valence-corrected chi connectivity index (χ0v) is 31.4. The zero-order valence-electron chi connectivity index (χ0n) is 31.4. The summed E-state index contributed by atoms with van der Waals surface area (Å²) < 4.78 is 5.46. The van der Waals surface area contributed by atoms with Gasteiger partial charge in [-0.2, -0.15) is 0 Å². The molecule has 0 spiro atoms. The molecule has 3 aliphatic rings. The maximum atomic E-state index is 14.6. The third-order valence-corrected chi connectivity index (χ3v) is 10.9. The highest BCUT2D eigenvalue weighted by atomic mass is 16.5. The van der Waals surface area contributed by atoms with Crippen LogP contribution in [0.1, 0.15) is 118 Å². The van der Waals surface area contributed by atoms with E-state index in [0.717, 1.165) is 70.6 Å². The van der Waals surface area contributed by atoms with Gasteiger partial charge in [0.05, 0.1) is 12.1 Å². The fraction of sp³-hybridized carbons (Fsp3) is 0.789. The van der Waals surface area contributed by atoms with E-state index in [4.69, 9.17) is 4.74 Å². The van der Waals surface area contributed by atoms with E-state index in [2.05, 4.69) is 33.2 Å². The van der Waals surface area contributed by atoms with Crippen molar-refractivity contribution >= 4 is 35.6 Å². The number of urea groups is 1. The van der Waals surface area contributed by atoms with E-state index < -0.39 is 53.9 Å². The number of rotatable bonds is 18. The first-order valence-electron chi connectivity index (χ1n) is 19.5. The molecule has 51 heavy (non-hydrogen) atoms. The molecule has 13 heteroatoms. The van der Waals surface area contributed by atoms with Gasteiger partial charge in [-0.25, -0.2) is 9.59 Å². The number of hydrogen-bond donors (Lipinski definition) is 5. The number of unbranched alkanes of at least 4 members (excludes halogenated alkanes) is 1. The second-order valence-corrected chi connectivity index (χ2v) is 14.9. The number of amides is 6. The SMILES string of the molecule is C=CCNC(=O)C(=O)C(CCCC)NC(=O)[C@@H]1[C@@H](C(C)C)CCN1C(=O)[C@@H](NC(=O)N[C@H](COC(=O)NCC)C1CCCCC1)C1CCCCC1. The topological polar surface area (TPSA) is 175 Å². The molecule has 3 fully saturated rings. The highest BCUT2D eigenvalue weighted by Gasteiger charge is 2.47. The molecule has 1 heterocycles. The maximum Gasteiger partial charge on any atom is 0.407 e. The van der Waals surface area contributed by atoms with Gasteiger partial charge in [0.15, 0.2) is 0 Å². The summed E-state index contributed by atoms with van der Waals surface area (Å²) in [5, 5.41) is 14.1. The lowest BCUT2D eigenvalue weighted by molar-refractivity contribution is -0.144. The highest BCUT2D eigenvalue weighted by Crippen LogP contribution is 2.34.